The number of rotatable bonds is 12. The number of pyridine rings is 1. The number of thioether (sulfide) groups is 1. The third-order valence-electron chi connectivity index (χ3n) is 6.37. The number of nitriles is 1. The highest BCUT2D eigenvalue weighted by Crippen LogP contribution is 2.29. The molecule has 3 aromatic rings. The minimum atomic E-state index is -0.377. The van der Waals surface area contributed by atoms with Crippen LogP contribution in [-0.2, 0) is 21.8 Å². The largest absolute Gasteiger partial charge is 0.382 e. The Labute approximate surface area is 233 Å². The predicted octanol–water partition coefficient (Wildman–Crippen LogP) is 3.81. The summed E-state index contributed by atoms with van der Waals surface area (Å²) >= 11 is 1.35. The fraction of sp³-hybridized carbons (Fsp3) is 0.357. The molecular formula is C28H34N8O2S. The van der Waals surface area contributed by atoms with Gasteiger partial charge in [0.1, 0.15) is 17.5 Å². The molecule has 0 fully saturated rings. The second-order valence-corrected chi connectivity index (χ2v) is 10.2. The third-order valence-corrected chi connectivity index (χ3v) is 7.26. The highest BCUT2D eigenvalue weighted by molar-refractivity contribution is 7.98. The van der Waals surface area contributed by atoms with Crippen molar-refractivity contribution in [3.05, 3.63) is 59.4 Å². The number of hydrogen-bond donors (Lipinski definition) is 4. The fourth-order valence-corrected chi connectivity index (χ4v) is 4.50. The van der Waals surface area contributed by atoms with Gasteiger partial charge >= 0.3 is 0 Å². The van der Waals surface area contributed by atoms with Gasteiger partial charge in [-0.3, -0.25) is 14.6 Å². The monoisotopic (exact) mass is 546 g/mol. The number of anilines is 2. The molecule has 2 heterocycles. The summed E-state index contributed by atoms with van der Waals surface area (Å²) in [5, 5.41) is 15.7. The summed E-state index contributed by atoms with van der Waals surface area (Å²) in [4.78, 5) is 37.2. The zero-order chi connectivity index (χ0) is 28.4. The SMILES string of the molecule is CCC(N)(CC)CNC(=O)CCc1cccc(CSc2nc(N)c(C#N)c(-c3ccc(NC(C)=O)cc3)n2)n1. The lowest BCUT2D eigenvalue weighted by Crippen LogP contribution is -2.49. The van der Waals surface area contributed by atoms with Gasteiger partial charge < -0.3 is 22.1 Å². The molecule has 0 unspecified atom stereocenters. The van der Waals surface area contributed by atoms with Gasteiger partial charge in [-0.25, -0.2) is 9.97 Å². The van der Waals surface area contributed by atoms with Gasteiger partial charge in [-0.15, -0.1) is 0 Å². The Bertz CT molecular complexity index is 1350. The van der Waals surface area contributed by atoms with Gasteiger partial charge in [-0.05, 0) is 43.5 Å². The van der Waals surface area contributed by atoms with Crippen molar-refractivity contribution in [1.29, 1.82) is 5.26 Å². The van der Waals surface area contributed by atoms with E-state index in [1.807, 2.05) is 32.0 Å². The van der Waals surface area contributed by atoms with Gasteiger partial charge in [-0.1, -0.05) is 43.8 Å². The number of nitrogen functional groups attached to an aromatic ring is 1. The summed E-state index contributed by atoms with van der Waals surface area (Å²) in [7, 11) is 0. The zero-order valence-corrected chi connectivity index (χ0v) is 23.3. The van der Waals surface area contributed by atoms with E-state index in [0.717, 1.165) is 24.2 Å². The van der Waals surface area contributed by atoms with Crippen LogP contribution >= 0.6 is 11.8 Å². The lowest BCUT2D eigenvalue weighted by Gasteiger charge is -2.26. The van der Waals surface area contributed by atoms with E-state index in [9.17, 15) is 14.9 Å². The molecule has 0 bridgehead atoms. The third kappa shape index (κ3) is 8.49. The zero-order valence-electron chi connectivity index (χ0n) is 22.5. The van der Waals surface area contributed by atoms with Crippen molar-refractivity contribution in [3.63, 3.8) is 0 Å². The van der Waals surface area contributed by atoms with Gasteiger partial charge in [0, 0.05) is 48.1 Å². The normalized spacial score (nSPS) is 11.1. The Morgan fingerprint density at radius 1 is 1.05 bits per heavy atom. The molecule has 2 aromatic heterocycles. The Kier molecular flexibility index (Phi) is 10.4. The minimum Gasteiger partial charge on any atom is -0.382 e. The number of benzene rings is 1. The maximum absolute atomic E-state index is 12.3. The molecule has 0 aliphatic rings. The van der Waals surface area contributed by atoms with E-state index < -0.39 is 0 Å². The van der Waals surface area contributed by atoms with Crippen LogP contribution in [0.25, 0.3) is 11.3 Å². The van der Waals surface area contributed by atoms with Crippen LogP contribution in [0.3, 0.4) is 0 Å². The van der Waals surface area contributed by atoms with Crippen molar-refractivity contribution in [3.8, 4) is 17.3 Å². The molecule has 0 radical (unpaired) electrons. The Balaban J connectivity index is 1.66. The van der Waals surface area contributed by atoms with E-state index in [1.54, 1.807) is 24.3 Å². The molecule has 0 aliphatic heterocycles. The van der Waals surface area contributed by atoms with Crippen LogP contribution in [0, 0.1) is 11.3 Å². The molecule has 0 saturated carbocycles. The molecule has 11 heteroatoms. The van der Waals surface area contributed by atoms with E-state index in [-0.39, 0.29) is 28.7 Å². The maximum Gasteiger partial charge on any atom is 0.221 e. The molecule has 3 rings (SSSR count). The first-order valence-corrected chi connectivity index (χ1v) is 13.7. The van der Waals surface area contributed by atoms with Crippen LogP contribution in [0.15, 0.2) is 47.6 Å². The highest BCUT2D eigenvalue weighted by atomic mass is 32.2. The van der Waals surface area contributed by atoms with Crippen molar-refractivity contribution in [2.75, 3.05) is 17.6 Å². The first-order valence-electron chi connectivity index (χ1n) is 12.7. The summed E-state index contributed by atoms with van der Waals surface area (Å²) in [5.74, 6) is 0.353. The summed E-state index contributed by atoms with van der Waals surface area (Å²) in [5.41, 5.74) is 15.5. The molecule has 39 heavy (non-hydrogen) atoms. The molecule has 6 N–H and O–H groups in total. The van der Waals surface area contributed by atoms with Gasteiger partial charge in [-0.2, -0.15) is 5.26 Å². The minimum absolute atomic E-state index is 0.0487. The molecule has 0 spiro atoms. The topological polar surface area (TPSA) is 173 Å². The van der Waals surface area contributed by atoms with E-state index in [0.29, 0.717) is 47.2 Å². The number of hydrogen-bond acceptors (Lipinski definition) is 9. The molecule has 204 valence electrons. The molecule has 10 nitrogen and oxygen atoms in total. The molecule has 2 amide bonds. The van der Waals surface area contributed by atoms with Gasteiger partial charge in [0.25, 0.3) is 0 Å². The summed E-state index contributed by atoms with van der Waals surface area (Å²) in [6, 6.07) is 14.8. The van der Waals surface area contributed by atoms with E-state index in [4.69, 9.17) is 11.5 Å². The van der Waals surface area contributed by atoms with Crippen molar-refractivity contribution in [2.45, 2.75) is 62.9 Å². The number of nitrogens with one attached hydrogen (secondary N) is 2. The van der Waals surface area contributed by atoms with Crippen molar-refractivity contribution >= 4 is 35.1 Å². The lowest BCUT2D eigenvalue weighted by molar-refractivity contribution is -0.121. The number of nitrogens with zero attached hydrogens (tertiary/aromatic N) is 4. The van der Waals surface area contributed by atoms with E-state index >= 15 is 0 Å². The quantitative estimate of drug-likeness (QED) is 0.195. The Morgan fingerprint density at radius 3 is 2.38 bits per heavy atom. The van der Waals surface area contributed by atoms with Crippen LogP contribution in [0.5, 0.6) is 0 Å². The smallest absolute Gasteiger partial charge is 0.221 e. The predicted molar refractivity (Wildman–Crippen MR) is 154 cm³/mol. The van der Waals surface area contributed by atoms with Gasteiger partial charge in [0.15, 0.2) is 5.16 Å². The lowest BCUT2D eigenvalue weighted by atomic mass is 9.94. The molecule has 0 aliphatic carbocycles. The standard InChI is InChI=1S/C28H34N8O2S/c1-4-28(31,5-2)17-32-24(38)14-13-20-7-6-8-22(34-20)16-39-27-35-25(23(15-29)26(30)36-27)19-9-11-21(12-10-19)33-18(3)37/h6-12H,4-5,13-14,16-17,31H2,1-3H3,(H,32,38)(H,33,37)(H2,30,35,36). The number of aryl methyl sites for hydroxylation is 1. The fourth-order valence-electron chi connectivity index (χ4n) is 3.75. The summed E-state index contributed by atoms with van der Waals surface area (Å²) < 4.78 is 0. The van der Waals surface area contributed by atoms with Gasteiger partial charge in [0.2, 0.25) is 11.8 Å². The molecular weight excluding hydrogens is 512 g/mol. The van der Waals surface area contributed by atoms with E-state index in [2.05, 4.69) is 31.7 Å². The van der Waals surface area contributed by atoms with Crippen LogP contribution < -0.4 is 22.1 Å². The number of aromatic nitrogens is 3. The first-order chi connectivity index (χ1) is 18.7. The average Bonchev–Trinajstić information content (AvgIpc) is 2.93. The second-order valence-electron chi connectivity index (χ2n) is 9.24. The molecule has 0 atom stereocenters. The van der Waals surface area contributed by atoms with Crippen molar-refractivity contribution < 1.29 is 9.59 Å². The summed E-state index contributed by atoms with van der Waals surface area (Å²) in [6.07, 6.45) is 2.43. The number of nitrogens with two attached hydrogens (primary N) is 2. The maximum atomic E-state index is 12.3. The molecule has 0 saturated heterocycles. The van der Waals surface area contributed by atoms with Crippen LogP contribution in [-0.4, -0.2) is 38.8 Å². The average molecular weight is 547 g/mol. The van der Waals surface area contributed by atoms with Gasteiger partial charge in [0.05, 0.1) is 11.4 Å². The highest BCUT2D eigenvalue weighted by Gasteiger charge is 2.21. The number of carbonyl (C=O) groups excluding carboxylic acids is 2. The van der Waals surface area contributed by atoms with Crippen molar-refractivity contribution in [1.82, 2.24) is 20.3 Å². The second kappa shape index (κ2) is 13.7. The van der Waals surface area contributed by atoms with Crippen LogP contribution in [0.1, 0.15) is 57.0 Å². The van der Waals surface area contributed by atoms with Crippen LogP contribution in [0.2, 0.25) is 0 Å². The van der Waals surface area contributed by atoms with E-state index in [1.165, 1.54) is 18.7 Å². The Morgan fingerprint density at radius 2 is 1.74 bits per heavy atom. The van der Waals surface area contributed by atoms with Crippen LogP contribution in [0.4, 0.5) is 11.5 Å². The first kappa shape index (κ1) is 29.5. The summed E-state index contributed by atoms with van der Waals surface area (Å²) in [6.45, 7) is 5.93. The Hall–Kier alpha value is -4.01. The number of carbonyl (C=O) groups is 2. The van der Waals surface area contributed by atoms with Crippen molar-refractivity contribution in [2.24, 2.45) is 5.73 Å². The number of amides is 2. The molecule has 1 aromatic carbocycles.